The number of rotatable bonds is 0. The molecule has 14 heavy (non-hydrogen) atoms. The van der Waals surface area contributed by atoms with Crippen molar-refractivity contribution in [3.05, 3.63) is 0 Å². The molecular formula is C10H14N2O2. The number of carbonyl (C=O) groups is 2. The lowest BCUT2D eigenvalue weighted by molar-refractivity contribution is -0.130. The Morgan fingerprint density at radius 3 is 2.29 bits per heavy atom. The van der Waals surface area contributed by atoms with Gasteiger partial charge in [-0.25, -0.2) is 4.79 Å². The van der Waals surface area contributed by atoms with E-state index in [9.17, 15) is 9.59 Å². The van der Waals surface area contributed by atoms with Gasteiger partial charge in [0.05, 0.1) is 0 Å². The molecule has 2 N–H and O–H groups in total. The molecule has 1 heterocycles. The third-order valence-corrected chi connectivity index (χ3v) is 4.12. The van der Waals surface area contributed by atoms with E-state index in [1.54, 1.807) is 0 Å². The van der Waals surface area contributed by atoms with Crippen LogP contribution in [-0.4, -0.2) is 17.5 Å². The van der Waals surface area contributed by atoms with Crippen molar-refractivity contribution in [2.75, 3.05) is 0 Å². The number of fused-ring (bicyclic) bond motifs is 2. The van der Waals surface area contributed by atoms with Crippen molar-refractivity contribution >= 4 is 11.9 Å². The molecule has 2 bridgehead atoms. The van der Waals surface area contributed by atoms with Crippen molar-refractivity contribution in [1.82, 2.24) is 10.6 Å². The Morgan fingerprint density at radius 2 is 1.86 bits per heavy atom. The number of nitrogens with one attached hydrogen (secondary N) is 2. The summed E-state index contributed by atoms with van der Waals surface area (Å²) in [5, 5.41) is 5.22. The molecule has 4 aliphatic rings. The van der Waals surface area contributed by atoms with Crippen LogP contribution in [0.4, 0.5) is 4.79 Å². The largest absolute Gasteiger partial charge is 0.323 e. The van der Waals surface area contributed by atoms with Crippen molar-refractivity contribution in [2.24, 2.45) is 11.8 Å². The van der Waals surface area contributed by atoms with Gasteiger partial charge in [-0.3, -0.25) is 10.1 Å². The molecule has 4 nitrogen and oxygen atoms in total. The highest BCUT2D eigenvalue weighted by Crippen LogP contribution is 2.48. The molecule has 3 saturated carbocycles. The minimum absolute atomic E-state index is 0.0862. The molecule has 3 amide bonds. The van der Waals surface area contributed by atoms with Gasteiger partial charge in [-0.15, -0.1) is 0 Å². The summed E-state index contributed by atoms with van der Waals surface area (Å²) in [5.41, 5.74) is -0.530. The van der Waals surface area contributed by atoms with Crippen LogP contribution in [0.15, 0.2) is 0 Å². The third kappa shape index (κ3) is 0.885. The Hall–Kier alpha value is -1.06. The second kappa shape index (κ2) is 2.49. The average molecular weight is 194 g/mol. The third-order valence-electron chi connectivity index (χ3n) is 4.12. The molecule has 3 aliphatic carbocycles. The van der Waals surface area contributed by atoms with Crippen LogP contribution in [0.5, 0.6) is 0 Å². The van der Waals surface area contributed by atoms with Crippen LogP contribution in [0.1, 0.15) is 32.1 Å². The van der Waals surface area contributed by atoms with E-state index in [2.05, 4.69) is 10.6 Å². The van der Waals surface area contributed by atoms with Crippen LogP contribution in [0.25, 0.3) is 0 Å². The van der Waals surface area contributed by atoms with Crippen molar-refractivity contribution in [3.63, 3.8) is 0 Å². The Kier molecular flexibility index (Phi) is 1.47. The van der Waals surface area contributed by atoms with E-state index in [-0.39, 0.29) is 11.9 Å². The van der Waals surface area contributed by atoms with Gasteiger partial charge in [0.15, 0.2) is 0 Å². The van der Waals surface area contributed by atoms with E-state index < -0.39 is 5.54 Å². The summed E-state index contributed by atoms with van der Waals surface area (Å²) in [7, 11) is 0. The van der Waals surface area contributed by atoms with Crippen molar-refractivity contribution in [1.29, 1.82) is 0 Å². The first-order valence-corrected chi connectivity index (χ1v) is 5.34. The lowest BCUT2D eigenvalue weighted by Gasteiger charge is -2.47. The molecule has 1 atom stereocenters. The SMILES string of the molecule is O=C1NC(=O)C2(CC3CCC2CC3)N1. The molecule has 4 fully saturated rings. The number of hydrogen-bond acceptors (Lipinski definition) is 2. The monoisotopic (exact) mass is 194 g/mol. The Labute approximate surface area is 82.4 Å². The molecular weight excluding hydrogens is 180 g/mol. The van der Waals surface area contributed by atoms with Gasteiger partial charge in [0.25, 0.3) is 5.91 Å². The summed E-state index contributed by atoms with van der Waals surface area (Å²) in [5.74, 6) is 0.931. The average Bonchev–Trinajstić information content (AvgIpc) is 2.43. The van der Waals surface area contributed by atoms with Crippen molar-refractivity contribution in [3.8, 4) is 0 Å². The predicted molar refractivity (Wildman–Crippen MR) is 49.5 cm³/mol. The summed E-state index contributed by atoms with van der Waals surface area (Å²) < 4.78 is 0. The maximum absolute atomic E-state index is 11.8. The zero-order valence-corrected chi connectivity index (χ0v) is 8.01. The maximum Gasteiger partial charge on any atom is 0.322 e. The first-order chi connectivity index (χ1) is 6.71. The van der Waals surface area contributed by atoms with Gasteiger partial charge in [-0.1, -0.05) is 0 Å². The summed E-state index contributed by atoms with van der Waals surface area (Å²) in [6.45, 7) is 0. The van der Waals surface area contributed by atoms with E-state index in [4.69, 9.17) is 0 Å². The standard InChI is InChI=1S/C10H14N2O2/c13-8-10(12-9(14)11-8)5-6-1-3-7(10)4-2-6/h6-7H,1-5H2,(H2,11,12,13,14). The minimum Gasteiger partial charge on any atom is -0.323 e. The van der Waals surface area contributed by atoms with Gasteiger partial charge < -0.3 is 5.32 Å². The highest BCUT2D eigenvalue weighted by Gasteiger charge is 2.56. The molecule has 0 radical (unpaired) electrons. The van der Waals surface area contributed by atoms with Gasteiger partial charge in [0.2, 0.25) is 0 Å². The summed E-state index contributed by atoms with van der Waals surface area (Å²) in [4.78, 5) is 22.9. The Morgan fingerprint density at radius 1 is 1.14 bits per heavy atom. The maximum atomic E-state index is 11.8. The molecule has 1 spiro atoms. The van der Waals surface area contributed by atoms with Crippen LogP contribution < -0.4 is 10.6 Å². The summed E-state index contributed by atoms with van der Waals surface area (Å²) in [6, 6.07) is -0.303. The van der Waals surface area contributed by atoms with E-state index >= 15 is 0 Å². The number of amides is 3. The van der Waals surface area contributed by atoms with Crippen molar-refractivity contribution in [2.45, 2.75) is 37.6 Å². The fourth-order valence-electron chi connectivity index (χ4n) is 3.42. The number of urea groups is 1. The van der Waals surface area contributed by atoms with Gasteiger partial charge in [0, 0.05) is 0 Å². The quantitative estimate of drug-likeness (QED) is 0.560. The van der Waals surface area contributed by atoms with Gasteiger partial charge in [-0.2, -0.15) is 0 Å². The van der Waals surface area contributed by atoms with E-state index in [1.165, 1.54) is 12.8 Å². The molecule has 4 heteroatoms. The zero-order chi connectivity index (χ0) is 9.76. The molecule has 76 valence electrons. The van der Waals surface area contributed by atoms with Crippen LogP contribution in [0, 0.1) is 11.8 Å². The molecule has 0 aromatic rings. The first kappa shape index (κ1) is 8.26. The zero-order valence-electron chi connectivity index (χ0n) is 8.01. The lowest BCUT2D eigenvalue weighted by Crippen LogP contribution is -2.58. The van der Waals surface area contributed by atoms with Crippen LogP contribution in [-0.2, 0) is 4.79 Å². The first-order valence-electron chi connectivity index (χ1n) is 5.34. The molecule has 1 aliphatic heterocycles. The van der Waals surface area contributed by atoms with Crippen LogP contribution >= 0.6 is 0 Å². The van der Waals surface area contributed by atoms with E-state index in [1.807, 2.05) is 0 Å². The van der Waals surface area contributed by atoms with Crippen molar-refractivity contribution < 1.29 is 9.59 Å². The number of carbonyl (C=O) groups excluding carboxylic acids is 2. The minimum atomic E-state index is -0.530. The second-order valence-corrected chi connectivity index (χ2v) is 4.80. The fraction of sp³-hybridized carbons (Fsp3) is 0.800. The fourth-order valence-corrected chi connectivity index (χ4v) is 3.42. The lowest BCUT2D eigenvalue weighted by atomic mass is 9.60. The molecule has 0 aromatic carbocycles. The van der Waals surface area contributed by atoms with E-state index in [0.29, 0.717) is 11.8 Å². The molecule has 1 saturated heterocycles. The normalized spacial score (nSPS) is 45.4. The highest BCUT2D eigenvalue weighted by molar-refractivity contribution is 6.07. The summed E-state index contributed by atoms with van der Waals surface area (Å²) in [6.07, 6.45) is 5.51. The topological polar surface area (TPSA) is 58.2 Å². The molecule has 0 aromatic heterocycles. The Balaban J connectivity index is 1.96. The van der Waals surface area contributed by atoms with Crippen LogP contribution in [0.2, 0.25) is 0 Å². The Bertz CT molecular complexity index is 307. The van der Waals surface area contributed by atoms with Gasteiger partial charge in [0.1, 0.15) is 5.54 Å². The van der Waals surface area contributed by atoms with Gasteiger partial charge in [-0.05, 0) is 43.9 Å². The molecule has 4 rings (SSSR count). The number of imide groups is 1. The smallest absolute Gasteiger partial charge is 0.322 e. The predicted octanol–water partition coefficient (Wildman–Crippen LogP) is 0.775. The highest BCUT2D eigenvalue weighted by atomic mass is 16.2. The molecule has 1 unspecified atom stereocenters. The van der Waals surface area contributed by atoms with Crippen LogP contribution in [0.3, 0.4) is 0 Å². The summed E-state index contributed by atoms with van der Waals surface area (Å²) >= 11 is 0. The van der Waals surface area contributed by atoms with E-state index in [0.717, 1.165) is 19.3 Å². The second-order valence-electron chi connectivity index (χ2n) is 4.80. The number of hydrogen-bond donors (Lipinski definition) is 2. The van der Waals surface area contributed by atoms with Gasteiger partial charge >= 0.3 is 6.03 Å².